The van der Waals surface area contributed by atoms with Crippen molar-refractivity contribution in [3.05, 3.63) is 51.2 Å². The van der Waals surface area contributed by atoms with Crippen molar-refractivity contribution in [2.45, 2.75) is 46.3 Å². The zero-order valence-corrected chi connectivity index (χ0v) is 13.5. The molecule has 2 nitrogen and oxygen atoms in total. The molecule has 20 heavy (non-hydrogen) atoms. The molecule has 0 unspecified atom stereocenters. The highest BCUT2D eigenvalue weighted by Gasteiger charge is 2.13. The smallest absolute Gasteiger partial charge is 0.119 e. The van der Waals surface area contributed by atoms with Gasteiger partial charge in [0.05, 0.1) is 0 Å². The van der Waals surface area contributed by atoms with Crippen molar-refractivity contribution in [2.75, 3.05) is 0 Å². The van der Waals surface area contributed by atoms with Crippen LogP contribution in [-0.2, 0) is 18.6 Å². The summed E-state index contributed by atoms with van der Waals surface area (Å²) in [5, 5.41) is 0. The fourth-order valence-corrected chi connectivity index (χ4v) is 2.97. The Morgan fingerprint density at radius 2 is 1.80 bits per heavy atom. The monoisotopic (exact) mass is 289 g/mol. The van der Waals surface area contributed by atoms with Gasteiger partial charge < -0.3 is 10.5 Å². The molecule has 1 aromatic heterocycles. The molecule has 108 valence electrons. The Bertz CT molecular complexity index is 564. The summed E-state index contributed by atoms with van der Waals surface area (Å²) in [6.07, 6.45) is 0. The number of nitrogens with two attached hydrogens (primary N) is 1. The minimum atomic E-state index is 0.179. The lowest BCUT2D eigenvalue weighted by Gasteiger charge is -2.19. The van der Waals surface area contributed by atoms with Crippen LogP contribution in [0.4, 0.5) is 0 Å². The maximum absolute atomic E-state index is 5.86. The van der Waals surface area contributed by atoms with Gasteiger partial charge in [-0.3, -0.25) is 0 Å². The highest BCUT2D eigenvalue weighted by molar-refractivity contribution is 7.12. The first-order valence-electron chi connectivity index (χ1n) is 6.92. The van der Waals surface area contributed by atoms with Gasteiger partial charge in [0, 0.05) is 21.9 Å². The molecule has 1 heterocycles. The maximum atomic E-state index is 5.86. The summed E-state index contributed by atoms with van der Waals surface area (Å²) in [5.74, 6) is 0.915. The quantitative estimate of drug-likeness (QED) is 0.906. The lowest BCUT2D eigenvalue weighted by Crippen LogP contribution is -2.10. The molecule has 0 aliphatic heterocycles. The summed E-state index contributed by atoms with van der Waals surface area (Å²) in [6.45, 7) is 9.97. The molecule has 2 aromatic rings. The summed E-state index contributed by atoms with van der Waals surface area (Å²) in [5.41, 5.74) is 8.40. The van der Waals surface area contributed by atoms with Crippen LogP contribution < -0.4 is 10.5 Å². The van der Waals surface area contributed by atoms with E-state index in [0.29, 0.717) is 13.2 Å². The van der Waals surface area contributed by atoms with E-state index in [2.05, 4.69) is 45.9 Å². The Labute approximate surface area is 125 Å². The molecular weight excluding hydrogens is 266 g/mol. The predicted octanol–water partition coefficient (Wildman–Crippen LogP) is 4.39. The standard InChI is InChI=1S/C17H23NOS/c1-12-13(9-16(10-18)20-12)11-19-15-7-5-14(6-8-15)17(2,3)4/h5-9H,10-11,18H2,1-4H3. The minimum Gasteiger partial charge on any atom is -0.489 e. The van der Waals surface area contributed by atoms with Crippen molar-refractivity contribution < 1.29 is 4.74 Å². The first kappa shape index (κ1) is 15.1. The number of ether oxygens (including phenoxy) is 1. The average molecular weight is 289 g/mol. The third kappa shape index (κ3) is 3.62. The second-order valence-corrected chi connectivity index (χ2v) is 7.40. The molecule has 2 rings (SSSR count). The van der Waals surface area contributed by atoms with E-state index in [9.17, 15) is 0 Å². The highest BCUT2D eigenvalue weighted by atomic mass is 32.1. The van der Waals surface area contributed by atoms with Crippen LogP contribution in [0.5, 0.6) is 5.75 Å². The Hall–Kier alpha value is -1.32. The van der Waals surface area contributed by atoms with Gasteiger partial charge in [-0.15, -0.1) is 11.3 Å². The van der Waals surface area contributed by atoms with E-state index in [-0.39, 0.29) is 5.41 Å². The first-order valence-corrected chi connectivity index (χ1v) is 7.73. The van der Waals surface area contributed by atoms with Crippen LogP contribution in [0.2, 0.25) is 0 Å². The number of thiophene rings is 1. The molecule has 0 bridgehead atoms. The van der Waals surface area contributed by atoms with Crippen molar-refractivity contribution in [3.63, 3.8) is 0 Å². The normalized spacial score (nSPS) is 11.7. The molecule has 0 saturated heterocycles. The van der Waals surface area contributed by atoms with Crippen LogP contribution in [0, 0.1) is 6.92 Å². The van der Waals surface area contributed by atoms with Crippen LogP contribution in [0.15, 0.2) is 30.3 Å². The molecule has 3 heteroatoms. The van der Waals surface area contributed by atoms with Crippen molar-refractivity contribution in [1.82, 2.24) is 0 Å². The summed E-state index contributed by atoms with van der Waals surface area (Å²) >= 11 is 1.75. The van der Waals surface area contributed by atoms with Gasteiger partial charge >= 0.3 is 0 Å². The van der Waals surface area contributed by atoms with Crippen LogP contribution in [-0.4, -0.2) is 0 Å². The van der Waals surface area contributed by atoms with Crippen molar-refractivity contribution >= 4 is 11.3 Å². The topological polar surface area (TPSA) is 35.2 Å². The summed E-state index contributed by atoms with van der Waals surface area (Å²) in [6, 6.07) is 10.5. The SMILES string of the molecule is Cc1sc(CN)cc1COc1ccc(C(C)(C)C)cc1. The largest absolute Gasteiger partial charge is 0.489 e. The van der Waals surface area contributed by atoms with E-state index >= 15 is 0 Å². The highest BCUT2D eigenvalue weighted by Crippen LogP contribution is 2.26. The van der Waals surface area contributed by atoms with E-state index in [0.717, 1.165) is 5.75 Å². The number of aryl methyl sites for hydroxylation is 1. The fraction of sp³-hybridized carbons (Fsp3) is 0.412. The molecule has 2 N–H and O–H groups in total. The van der Waals surface area contributed by atoms with E-state index in [4.69, 9.17) is 10.5 Å². The lowest BCUT2D eigenvalue weighted by atomic mass is 9.87. The second-order valence-electron chi connectivity index (χ2n) is 6.06. The van der Waals surface area contributed by atoms with Gasteiger partial charge in [-0.1, -0.05) is 32.9 Å². The van der Waals surface area contributed by atoms with Gasteiger partial charge in [-0.2, -0.15) is 0 Å². The predicted molar refractivity (Wildman–Crippen MR) is 86.4 cm³/mol. The van der Waals surface area contributed by atoms with E-state index in [1.165, 1.54) is 20.9 Å². The number of benzene rings is 1. The zero-order valence-electron chi connectivity index (χ0n) is 12.7. The van der Waals surface area contributed by atoms with E-state index < -0.39 is 0 Å². The molecule has 0 atom stereocenters. The number of hydrogen-bond donors (Lipinski definition) is 1. The summed E-state index contributed by atoms with van der Waals surface area (Å²) in [7, 11) is 0. The summed E-state index contributed by atoms with van der Waals surface area (Å²) < 4.78 is 5.86. The fourth-order valence-electron chi connectivity index (χ4n) is 2.04. The molecule has 0 aliphatic carbocycles. The van der Waals surface area contributed by atoms with Crippen molar-refractivity contribution in [3.8, 4) is 5.75 Å². The van der Waals surface area contributed by atoms with Crippen LogP contribution in [0.25, 0.3) is 0 Å². The molecule has 0 saturated carbocycles. The molecule has 0 spiro atoms. The van der Waals surface area contributed by atoms with Crippen LogP contribution in [0.1, 0.15) is 41.7 Å². The molecule has 0 fully saturated rings. The van der Waals surface area contributed by atoms with Gasteiger partial charge in [-0.25, -0.2) is 0 Å². The zero-order chi connectivity index (χ0) is 14.8. The van der Waals surface area contributed by atoms with Gasteiger partial charge in [0.1, 0.15) is 12.4 Å². The van der Waals surface area contributed by atoms with Crippen molar-refractivity contribution in [2.24, 2.45) is 5.73 Å². The molecule has 1 aromatic carbocycles. The van der Waals surface area contributed by atoms with Crippen molar-refractivity contribution in [1.29, 1.82) is 0 Å². The van der Waals surface area contributed by atoms with Gasteiger partial charge in [-0.05, 0) is 36.1 Å². The van der Waals surface area contributed by atoms with Crippen LogP contribution >= 0.6 is 11.3 Å². The third-order valence-corrected chi connectivity index (χ3v) is 4.50. The first-order chi connectivity index (χ1) is 9.40. The number of hydrogen-bond acceptors (Lipinski definition) is 3. The van der Waals surface area contributed by atoms with Crippen LogP contribution in [0.3, 0.4) is 0 Å². The Morgan fingerprint density at radius 3 is 2.30 bits per heavy atom. The second kappa shape index (κ2) is 5.98. The maximum Gasteiger partial charge on any atom is 0.119 e. The number of rotatable bonds is 4. The molecule has 0 amide bonds. The molecule has 0 aliphatic rings. The molecular formula is C17H23NOS. The Kier molecular flexibility index (Phi) is 4.51. The van der Waals surface area contributed by atoms with E-state index in [1.54, 1.807) is 11.3 Å². The van der Waals surface area contributed by atoms with E-state index in [1.807, 2.05) is 12.1 Å². The summed E-state index contributed by atoms with van der Waals surface area (Å²) in [4.78, 5) is 2.50. The average Bonchev–Trinajstić information content (AvgIpc) is 2.76. The van der Waals surface area contributed by atoms with Gasteiger partial charge in [0.15, 0.2) is 0 Å². The Morgan fingerprint density at radius 1 is 1.15 bits per heavy atom. The van der Waals surface area contributed by atoms with Gasteiger partial charge in [0.2, 0.25) is 0 Å². The Balaban J connectivity index is 2.02. The van der Waals surface area contributed by atoms with Gasteiger partial charge in [0.25, 0.3) is 0 Å². The molecule has 0 radical (unpaired) electrons. The lowest BCUT2D eigenvalue weighted by molar-refractivity contribution is 0.306. The minimum absolute atomic E-state index is 0.179. The third-order valence-electron chi connectivity index (χ3n) is 3.39.